The summed E-state index contributed by atoms with van der Waals surface area (Å²) in [7, 11) is 2.87. The van der Waals surface area contributed by atoms with Gasteiger partial charge >= 0.3 is 0 Å². The van der Waals surface area contributed by atoms with E-state index in [0.717, 1.165) is 12.3 Å². The summed E-state index contributed by atoms with van der Waals surface area (Å²) in [4.78, 5) is 42.3. The minimum atomic E-state index is -1.48. The Balaban J connectivity index is 1.59. The van der Waals surface area contributed by atoms with Crippen LogP contribution in [0.25, 0.3) is 11.2 Å². The largest absolute Gasteiger partial charge is 0.387 e. The maximum atomic E-state index is 13.1. The highest BCUT2D eigenvalue weighted by Gasteiger charge is 2.47. The van der Waals surface area contributed by atoms with Gasteiger partial charge in [-0.15, -0.1) is 0 Å². The van der Waals surface area contributed by atoms with Crippen LogP contribution >= 0.6 is 0 Å². The molecule has 0 unspecified atom stereocenters. The molecular weight excluding hydrogens is 503 g/mol. The number of nitrogens with zero attached hydrogens (tertiary/aromatic N) is 6. The molecule has 0 radical (unpaired) electrons. The van der Waals surface area contributed by atoms with Crippen molar-refractivity contribution < 1.29 is 33.7 Å². The molecule has 0 spiro atoms. The highest BCUT2D eigenvalue weighted by Crippen LogP contribution is 2.32. The molecule has 0 saturated carbocycles. The lowest BCUT2D eigenvalue weighted by molar-refractivity contribution is -0.137. The second-order valence-corrected chi connectivity index (χ2v) is 8.19. The molecule has 1 saturated heterocycles. The number of aromatic nitrogens is 5. The monoisotopic (exact) mass is 528 g/mol. The summed E-state index contributed by atoms with van der Waals surface area (Å²) in [5, 5.41) is 23.1. The van der Waals surface area contributed by atoms with Gasteiger partial charge in [0.05, 0.1) is 25.0 Å². The van der Waals surface area contributed by atoms with Gasteiger partial charge in [-0.2, -0.15) is 4.39 Å². The molecule has 3 aromatic heterocycles. The molecule has 2 amide bonds. The summed E-state index contributed by atoms with van der Waals surface area (Å²) in [6, 6.07) is 2.41. The van der Waals surface area contributed by atoms with Gasteiger partial charge in [-0.3, -0.25) is 14.2 Å². The third-order valence-corrected chi connectivity index (χ3v) is 5.76. The zero-order valence-corrected chi connectivity index (χ0v) is 20.4. The van der Waals surface area contributed by atoms with Crippen molar-refractivity contribution in [2.45, 2.75) is 24.5 Å². The van der Waals surface area contributed by atoms with E-state index < -0.39 is 42.3 Å². The smallest absolute Gasteiger partial charge is 0.256 e. The number of hydrogen-bond acceptors (Lipinski definition) is 11. The van der Waals surface area contributed by atoms with Crippen LogP contribution in [0.2, 0.25) is 0 Å². The lowest BCUT2D eigenvalue weighted by Crippen LogP contribution is -2.41. The first kappa shape index (κ1) is 26.8. The van der Waals surface area contributed by atoms with E-state index in [9.17, 15) is 24.2 Å². The van der Waals surface area contributed by atoms with E-state index in [1.807, 2.05) is 0 Å². The molecule has 0 bridgehead atoms. The van der Waals surface area contributed by atoms with Crippen LogP contribution in [0.4, 0.5) is 10.2 Å². The molecule has 4 heterocycles. The summed E-state index contributed by atoms with van der Waals surface area (Å²) in [6.45, 7) is 0.412. The van der Waals surface area contributed by atoms with E-state index in [1.165, 1.54) is 36.0 Å². The molecule has 4 rings (SSSR count). The van der Waals surface area contributed by atoms with Crippen LogP contribution < -0.4 is 11.1 Å². The number of anilines is 1. The Kier molecular flexibility index (Phi) is 8.08. The lowest BCUT2D eigenvalue weighted by Gasteiger charge is -2.19. The van der Waals surface area contributed by atoms with Crippen molar-refractivity contribution in [3.05, 3.63) is 42.0 Å². The van der Waals surface area contributed by atoms with E-state index in [-0.39, 0.29) is 48.1 Å². The minimum absolute atomic E-state index is 0.00126. The Morgan fingerprint density at radius 2 is 2.08 bits per heavy atom. The minimum Gasteiger partial charge on any atom is -0.387 e. The Hall–Kier alpha value is -4.23. The number of halogens is 1. The number of carbonyl (C=O) groups is 2. The molecule has 1 aliphatic rings. The van der Waals surface area contributed by atoms with E-state index >= 15 is 0 Å². The number of nitrogens with one attached hydrogen (secondary N) is 1. The number of likely N-dealkylation sites (N-methyl/N-ethyl adjacent to an activating group) is 1. The molecule has 14 nitrogen and oxygen atoms in total. The lowest BCUT2D eigenvalue weighted by atomic mass is 10.1. The Labute approximate surface area is 215 Å². The molecular formula is C23H25FN8O6. The first-order chi connectivity index (χ1) is 18.2. The summed E-state index contributed by atoms with van der Waals surface area (Å²) in [5.41, 5.74) is 6.57. The summed E-state index contributed by atoms with van der Waals surface area (Å²) < 4.78 is 25.1. The number of ether oxygens (including phenoxy) is 2. The molecule has 0 aliphatic carbocycles. The van der Waals surface area contributed by atoms with Crippen LogP contribution in [0, 0.1) is 17.8 Å². The first-order valence-electron chi connectivity index (χ1n) is 11.4. The number of nitrogen functional groups attached to an aromatic ring is 1. The van der Waals surface area contributed by atoms with Gasteiger partial charge in [-0.25, -0.2) is 19.9 Å². The van der Waals surface area contributed by atoms with Crippen molar-refractivity contribution in [1.82, 2.24) is 34.7 Å². The van der Waals surface area contributed by atoms with Crippen LogP contribution in [-0.4, -0.2) is 104 Å². The fraction of sp³-hybridized carbons (Fsp3) is 0.391. The summed E-state index contributed by atoms with van der Waals surface area (Å²) in [6.07, 6.45) is -3.00. The zero-order valence-electron chi connectivity index (χ0n) is 20.4. The van der Waals surface area contributed by atoms with E-state index in [1.54, 1.807) is 0 Å². The van der Waals surface area contributed by atoms with Gasteiger partial charge < -0.3 is 35.6 Å². The van der Waals surface area contributed by atoms with Crippen LogP contribution in [-0.2, 0) is 14.3 Å². The second-order valence-electron chi connectivity index (χ2n) is 8.19. The summed E-state index contributed by atoms with van der Waals surface area (Å²) >= 11 is 0. The van der Waals surface area contributed by atoms with Crippen molar-refractivity contribution in [3.8, 4) is 11.8 Å². The van der Waals surface area contributed by atoms with Gasteiger partial charge in [-0.1, -0.05) is 5.92 Å². The highest BCUT2D eigenvalue weighted by molar-refractivity contribution is 5.94. The maximum Gasteiger partial charge on any atom is 0.256 e. The quantitative estimate of drug-likeness (QED) is 0.205. The van der Waals surface area contributed by atoms with Crippen molar-refractivity contribution in [2.75, 3.05) is 39.6 Å². The SMILES string of the molecule is CNC(=O)[C@H]1O[C@@H](n2cnc3c(N)nc(C#CCN(CCOC)C(=O)c4ccc(F)nc4)nc32)[C@H](O)[C@@H]1O. The van der Waals surface area contributed by atoms with Crippen molar-refractivity contribution >= 4 is 28.8 Å². The second kappa shape index (κ2) is 11.4. The van der Waals surface area contributed by atoms with Gasteiger partial charge in [0, 0.05) is 26.9 Å². The molecule has 3 aromatic rings. The molecule has 200 valence electrons. The van der Waals surface area contributed by atoms with Gasteiger partial charge in [0.25, 0.3) is 11.8 Å². The fourth-order valence-corrected chi connectivity index (χ4v) is 3.78. The number of aliphatic hydroxyl groups is 2. The Morgan fingerprint density at radius 1 is 1.29 bits per heavy atom. The van der Waals surface area contributed by atoms with Crippen LogP contribution in [0.5, 0.6) is 0 Å². The van der Waals surface area contributed by atoms with Crippen LogP contribution in [0.15, 0.2) is 24.7 Å². The number of aliphatic hydroxyl groups excluding tert-OH is 2. The fourth-order valence-electron chi connectivity index (χ4n) is 3.78. The molecule has 15 heteroatoms. The average Bonchev–Trinajstić information content (AvgIpc) is 3.46. The number of nitrogens with two attached hydrogens (primary N) is 1. The number of imidazole rings is 1. The Bertz CT molecular complexity index is 1390. The van der Waals surface area contributed by atoms with Gasteiger partial charge in [0.1, 0.15) is 17.7 Å². The third kappa shape index (κ3) is 5.38. The zero-order chi connectivity index (χ0) is 27.4. The number of fused-ring (bicyclic) bond motifs is 1. The normalized spacial score (nSPS) is 20.7. The van der Waals surface area contributed by atoms with E-state index in [0.29, 0.717) is 0 Å². The predicted molar refractivity (Wildman–Crippen MR) is 129 cm³/mol. The summed E-state index contributed by atoms with van der Waals surface area (Å²) in [5.74, 6) is 3.82. The molecule has 4 atom stereocenters. The van der Waals surface area contributed by atoms with Crippen molar-refractivity contribution in [1.29, 1.82) is 0 Å². The molecule has 0 aromatic carbocycles. The number of pyridine rings is 1. The first-order valence-corrected chi connectivity index (χ1v) is 11.4. The highest BCUT2D eigenvalue weighted by atomic mass is 19.1. The van der Waals surface area contributed by atoms with Crippen molar-refractivity contribution in [2.24, 2.45) is 0 Å². The molecule has 1 aliphatic heterocycles. The molecule has 1 fully saturated rings. The van der Waals surface area contributed by atoms with E-state index in [4.69, 9.17) is 15.2 Å². The van der Waals surface area contributed by atoms with Crippen LogP contribution in [0.1, 0.15) is 22.4 Å². The maximum absolute atomic E-state index is 13.1. The van der Waals surface area contributed by atoms with Gasteiger partial charge in [-0.05, 0) is 18.1 Å². The van der Waals surface area contributed by atoms with Gasteiger partial charge in [0.2, 0.25) is 11.8 Å². The number of methoxy groups -OCH3 is 1. The number of hydrogen-bond donors (Lipinski definition) is 4. The molecule has 38 heavy (non-hydrogen) atoms. The van der Waals surface area contributed by atoms with E-state index in [2.05, 4.69) is 37.1 Å². The standard InChI is InChI=1S/C23H25FN8O6/c1-26-21(35)18-16(33)17(34)23(38-18)32-11-28-15-19(25)29-14(30-20(15)32)4-3-7-31(8-9-37-2)22(36)12-5-6-13(24)27-10-12/h5-6,10-11,16-18,23,33-34H,7-9H2,1-2H3,(H,26,35)(H2,25,29,30)/t16-,17+,18-,23+/m0/s1. The Morgan fingerprint density at radius 3 is 2.76 bits per heavy atom. The number of rotatable bonds is 7. The predicted octanol–water partition coefficient (Wildman–Crippen LogP) is -1.55. The van der Waals surface area contributed by atoms with Crippen molar-refractivity contribution in [3.63, 3.8) is 0 Å². The van der Waals surface area contributed by atoms with Gasteiger partial charge in [0.15, 0.2) is 23.8 Å². The average molecular weight is 529 g/mol. The topological polar surface area (TPSA) is 191 Å². The number of amides is 2. The third-order valence-electron chi connectivity index (χ3n) is 5.76. The molecule has 5 N–H and O–H groups in total. The number of carbonyl (C=O) groups excluding carboxylic acids is 2. The van der Waals surface area contributed by atoms with Crippen LogP contribution in [0.3, 0.4) is 0 Å².